The summed E-state index contributed by atoms with van der Waals surface area (Å²) in [6.07, 6.45) is 5.63. The Kier molecular flexibility index (Phi) is 5.16. The third kappa shape index (κ3) is 4.07. The molecule has 132 valence electrons. The van der Waals surface area contributed by atoms with Crippen LogP contribution in [0.1, 0.15) is 44.8 Å². The van der Waals surface area contributed by atoms with Gasteiger partial charge in [0.1, 0.15) is 11.5 Å². The molecule has 1 heterocycles. The Hall–Kier alpha value is -2.63. The predicted molar refractivity (Wildman–Crippen MR) is 93.1 cm³/mol. The molecule has 2 amide bonds. The Bertz CT molecular complexity index is 785. The Labute approximate surface area is 146 Å². The van der Waals surface area contributed by atoms with Crippen LogP contribution in [0.25, 0.3) is 0 Å². The number of carbonyl (C=O) groups is 2. The largest absolute Gasteiger partial charge is 0.355 e. The number of hydrogen-bond donors (Lipinski definition) is 2. The van der Waals surface area contributed by atoms with Crippen molar-refractivity contribution in [1.82, 2.24) is 15.2 Å². The molecule has 0 unspecified atom stereocenters. The van der Waals surface area contributed by atoms with Crippen molar-refractivity contribution in [3.05, 3.63) is 58.7 Å². The van der Waals surface area contributed by atoms with Crippen LogP contribution in [0.5, 0.6) is 0 Å². The molecule has 1 aliphatic rings. The molecule has 0 bridgehead atoms. The number of aromatic nitrogens is 1. The first-order chi connectivity index (χ1) is 12.0. The number of benzene rings is 1. The van der Waals surface area contributed by atoms with E-state index in [2.05, 4.69) is 16.4 Å². The molecule has 5 nitrogen and oxygen atoms in total. The molecular formula is C19H22FN3O2. The summed E-state index contributed by atoms with van der Waals surface area (Å²) >= 11 is 0. The second-order valence-corrected chi connectivity index (χ2v) is 6.40. The molecule has 0 atom stereocenters. The lowest BCUT2D eigenvalue weighted by molar-refractivity contribution is 0.0786. The Morgan fingerprint density at radius 3 is 2.68 bits per heavy atom. The first-order valence-electron chi connectivity index (χ1n) is 8.54. The van der Waals surface area contributed by atoms with Crippen LogP contribution in [-0.4, -0.2) is 41.8 Å². The fourth-order valence-corrected chi connectivity index (χ4v) is 3.12. The maximum Gasteiger partial charge on any atom is 0.267 e. The Balaban J connectivity index is 1.53. The van der Waals surface area contributed by atoms with Crippen molar-refractivity contribution >= 4 is 11.8 Å². The van der Waals surface area contributed by atoms with Crippen LogP contribution in [0.3, 0.4) is 0 Å². The van der Waals surface area contributed by atoms with Crippen LogP contribution in [-0.2, 0) is 12.8 Å². The fraction of sp³-hybridized carbons (Fsp3) is 0.368. The number of rotatable bonds is 5. The van der Waals surface area contributed by atoms with Gasteiger partial charge in [0.2, 0.25) is 0 Å². The van der Waals surface area contributed by atoms with Crippen molar-refractivity contribution in [2.45, 2.75) is 25.7 Å². The van der Waals surface area contributed by atoms with E-state index in [-0.39, 0.29) is 11.6 Å². The van der Waals surface area contributed by atoms with Gasteiger partial charge in [-0.3, -0.25) is 9.59 Å². The highest BCUT2D eigenvalue weighted by Crippen LogP contribution is 2.22. The molecule has 3 rings (SSSR count). The quantitative estimate of drug-likeness (QED) is 0.876. The second kappa shape index (κ2) is 7.51. The summed E-state index contributed by atoms with van der Waals surface area (Å²) in [5.41, 5.74) is 3.46. The molecular weight excluding hydrogens is 321 g/mol. The molecule has 0 radical (unpaired) electrons. The average molecular weight is 343 g/mol. The van der Waals surface area contributed by atoms with Crippen molar-refractivity contribution in [2.75, 3.05) is 20.1 Å². The summed E-state index contributed by atoms with van der Waals surface area (Å²) < 4.78 is 12.9. The zero-order valence-electron chi connectivity index (χ0n) is 14.3. The number of carbonyl (C=O) groups excluding carboxylic acids is 2. The number of H-pyrrole nitrogens is 1. The predicted octanol–water partition coefficient (Wildman–Crippen LogP) is 2.53. The highest BCUT2D eigenvalue weighted by Gasteiger charge is 2.16. The smallest absolute Gasteiger partial charge is 0.267 e. The number of hydrogen-bond acceptors (Lipinski definition) is 2. The maximum absolute atomic E-state index is 12.9. The first kappa shape index (κ1) is 17.2. The summed E-state index contributed by atoms with van der Waals surface area (Å²) in [4.78, 5) is 28.5. The molecule has 1 aromatic carbocycles. The van der Waals surface area contributed by atoms with Gasteiger partial charge in [0.05, 0.1) is 0 Å². The molecule has 0 saturated heterocycles. The number of amides is 2. The fourth-order valence-electron chi connectivity index (χ4n) is 3.12. The van der Waals surface area contributed by atoms with Crippen molar-refractivity contribution in [3.8, 4) is 0 Å². The number of halogens is 1. The third-order valence-corrected chi connectivity index (χ3v) is 4.57. The van der Waals surface area contributed by atoms with Gasteiger partial charge in [0.25, 0.3) is 11.8 Å². The van der Waals surface area contributed by atoms with E-state index in [1.54, 1.807) is 11.9 Å². The number of likely N-dealkylation sites (N-methyl/N-ethyl adjacent to an activating group) is 1. The van der Waals surface area contributed by atoms with Crippen LogP contribution in [0.15, 0.2) is 30.5 Å². The van der Waals surface area contributed by atoms with Gasteiger partial charge in [-0.2, -0.15) is 0 Å². The molecule has 2 aromatic rings. The summed E-state index contributed by atoms with van der Waals surface area (Å²) in [7, 11) is 1.71. The van der Waals surface area contributed by atoms with Crippen LogP contribution in [0.4, 0.5) is 4.39 Å². The van der Waals surface area contributed by atoms with Crippen molar-refractivity contribution in [1.29, 1.82) is 0 Å². The zero-order valence-corrected chi connectivity index (χ0v) is 14.3. The minimum Gasteiger partial charge on any atom is -0.355 e. The van der Waals surface area contributed by atoms with Crippen LogP contribution < -0.4 is 5.32 Å². The lowest BCUT2D eigenvalue weighted by Gasteiger charge is -2.20. The Morgan fingerprint density at radius 2 is 1.96 bits per heavy atom. The minimum absolute atomic E-state index is 0.0615. The van der Waals surface area contributed by atoms with Gasteiger partial charge >= 0.3 is 0 Å². The third-order valence-electron chi connectivity index (χ3n) is 4.57. The number of aromatic amines is 1. The van der Waals surface area contributed by atoms with Gasteiger partial charge in [-0.15, -0.1) is 0 Å². The maximum atomic E-state index is 12.9. The average Bonchev–Trinajstić information content (AvgIpc) is 3.07. The lowest BCUT2D eigenvalue weighted by atomic mass is 9.90. The SMILES string of the molecule is CN(CCNC(=O)c1cc(F)c[nH]1)C(=O)c1ccc2c(c1)CCCC2. The zero-order chi connectivity index (χ0) is 17.8. The lowest BCUT2D eigenvalue weighted by Crippen LogP contribution is -2.36. The number of fused-ring (bicyclic) bond motifs is 1. The minimum atomic E-state index is -0.482. The van der Waals surface area contributed by atoms with E-state index in [1.807, 2.05) is 12.1 Å². The normalized spacial score (nSPS) is 13.2. The first-order valence-corrected chi connectivity index (χ1v) is 8.54. The van der Waals surface area contributed by atoms with E-state index < -0.39 is 11.7 Å². The molecule has 0 saturated carbocycles. The van der Waals surface area contributed by atoms with Gasteiger partial charge in [0, 0.05) is 38.0 Å². The van der Waals surface area contributed by atoms with Crippen LogP contribution in [0.2, 0.25) is 0 Å². The van der Waals surface area contributed by atoms with Gasteiger partial charge in [0.15, 0.2) is 0 Å². The van der Waals surface area contributed by atoms with E-state index in [9.17, 15) is 14.0 Å². The highest BCUT2D eigenvalue weighted by molar-refractivity contribution is 5.94. The molecule has 0 spiro atoms. The number of aryl methyl sites for hydroxylation is 2. The van der Waals surface area contributed by atoms with Crippen LogP contribution in [0, 0.1) is 5.82 Å². The Morgan fingerprint density at radius 1 is 1.20 bits per heavy atom. The summed E-state index contributed by atoms with van der Waals surface area (Å²) in [5.74, 6) is -0.933. The van der Waals surface area contributed by atoms with Gasteiger partial charge in [-0.05, 0) is 48.9 Å². The van der Waals surface area contributed by atoms with E-state index >= 15 is 0 Å². The molecule has 2 N–H and O–H groups in total. The van der Waals surface area contributed by atoms with E-state index in [1.165, 1.54) is 24.0 Å². The van der Waals surface area contributed by atoms with E-state index in [0.717, 1.165) is 25.1 Å². The molecule has 6 heteroatoms. The second-order valence-electron chi connectivity index (χ2n) is 6.40. The molecule has 0 fully saturated rings. The number of nitrogens with zero attached hydrogens (tertiary/aromatic N) is 1. The van der Waals surface area contributed by atoms with Crippen LogP contribution >= 0.6 is 0 Å². The molecule has 1 aliphatic carbocycles. The summed E-state index contributed by atoms with van der Waals surface area (Å²) in [6, 6.07) is 7.06. The van der Waals surface area contributed by atoms with Gasteiger partial charge < -0.3 is 15.2 Å². The van der Waals surface area contributed by atoms with Crippen molar-refractivity contribution < 1.29 is 14.0 Å². The van der Waals surface area contributed by atoms with Crippen molar-refractivity contribution in [2.24, 2.45) is 0 Å². The summed E-state index contributed by atoms with van der Waals surface area (Å²) in [6.45, 7) is 0.678. The standard InChI is InChI=1S/C19H22FN3O2/c1-23(9-8-21-18(24)17-11-16(20)12-22-17)19(25)15-7-6-13-4-2-3-5-14(13)10-15/h6-7,10-12,22H,2-5,8-9H2,1H3,(H,21,24). The molecule has 0 aliphatic heterocycles. The summed E-state index contributed by atoms with van der Waals surface area (Å²) in [5, 5.41) is 2.67. The van der Waals surface area contributed by atoms with E-state index in [4.69, 9.17) is 0 Å². The van der Waals surface area contributed by atoms with Gasteiger partial charge in [-0.1, -0.05) is 6.07 Å². The van der Waals surface area contributed by atoms with Gasteiger partial charge in [-0.25, -0.2) is 4.39 Å². The molecule has 25 heavy (non-hydrogen) atoms. The van der Waals surface area contributed by atoms with E-state index in [0.29, 0.717) is 18.7 Å². The number of nitrogens with one attached hydrogen (secondary N) is 2. The highest BCUT2D eigenvalue weighted by atomic mass is 19.1. The monoisotopic (exact) mass is 343 g/mol. The molecule has 1 aromatic heterocycles. The van der Waals surface area contributed by atoms with Crippen molar-refractivity contribution in [3.63, 3.8) is 0 Å². The topological polar surface area (TPSA) is 65.2 Å².